The van der Waals surface area contributed by atoms with Gasteiger partial charge in [-0.1, -0.05) is 80.8 Å². The highest BCUT2D eigenvalue weighted by Gasteiger charge is 2.33. The Morgan fingerprint density at radius 1 is 0.676 bits per heavy atom. The lowest BCUT2D eigenvalue weighted by Crippen LogP contribution is -2.35. The summed E-state index contributed by atoms with van der Waals surface area (Å²) < 4.78 is 2.06. The van der Waals surface area contributed by atoms with E-state index in [-0.39, 0.29) is 7.43 Å². The van der Waals surface area contributed by atoms with E-state index in [0.29, 0.717) is 22.9 Å². The summed E-state index contributed by atoms with van der Waals surface area (Å²) in [5.41, 5.74) is 16.7. The van der Waals surface area contributed by atoms with Crippen molar-refractivity contribution in [2.75, 3.05) is 22.1 Å². The maximum absolute atomic E-state index is 6.05. The van der Waals surface area contributed by atoms with Gasteiger partial charge in [0.05, 0.1) is 22.7 Å². The molecule has 0 amide bonds. The van der Waals surface area contributed by atoms with Crippen LogP contribution >= 0.6 is 31.9 Å². The van der Waals surface area contributed by atoms with E-state index >= 15 is 0 Å². The number of nitrogens with one attached hydrogen (secondary N) is 2. The van der Waals surface area contributed by atoms with Crippen LogP contribution in [0.2, 0.25) is 0 Å². The van der Waals surface area contributed by atoms with Gasteiger partial charge in [0.2, 0.25) is 0 Å². The molecule has 2 fully saturated rings. The first-order valence-corrected chi connectivity index (χ1v) is 14.9. The number of hydrogen-bond acceptors (Lipinski definition) is 4. The highest BCUT2D eigenvalue weighted by Crippen LogP contribution is 2.41. The molecule has 2 aliphatic rings. The minimum atomic E-state index is 0. The Labute approximate surface area is 243 Å². The van der Waals surface area contributed by atoms with Crippen LogP contribution in [0.5, 0.6) is 0 Å². The fourth-order valence-corrected chi connectivity index (χ4v) is 7.44. The fraction of sp³-hybridized carbons (Fsp3) is 0.613. The van der Waals surface area contributed by atoms with Gasteiger partial charge in [0.1, 0.15) is 0 Å². The van der Waals surface area contributed by atoms with Gasteiger partial charge >= 0.3 is 0 Å². The van der Waals surface area contributed by atoms with Crippen molar-refractivity contribution in [3.05, 3.63) is 45.3 Å². The van der Waals surface area contributed by atoms with Crippen molar-refractivity contribution >= 4 is 54.6 Å². The van der Waals surface area contributed by atoms with Crippen LogP contribution in [0.1, 0.15) is 87.5 Å². The molecule has 0 aromatic heterocycles. The molecule has 4 nitrogen and oxygen atoms in total. The molecule has 0 bridgehead atoms. The number of anilines is 4. The third-order valence-corrected chi connectivity index (χ3v) is 8.51. The molecule has 0 spiro atoms. The summed E-state index contributed by atoms with van der Waals surface area (Å²) >= 11 is 6.88. The number of hydrogen-bond donors (Lipinski definition) is 4. The summed E-state index contributed by atoms with van der Waals surface area (Å²) in [5.74, 6) is 1.56. The Morgan fingerprint density at radius 2 is 1.03 bits per heavy atom. The minimum Gasteiger partial charge on any atom is -0.397 e. The third-order valence-electron chi connectivity index (χ3n) is 7.52. The summed E-state index contributed by atoms with van der Waals surface area (Å²) in [6, 6.07) is 13.2. The lowest BCUT2D eigenvalue weighted by molar-refractivity contribution is 0.177. The molecule has 0 aliphatic heterocycles. The molecule has 0 radical (unpaired) electrons. The number of nitrogens with two attached hydrogens (primary N) is 2. The van der Waals surface area contributed by atoms with Crippen LogP contribution in [0.15, 0.2) is 45.3 Å². The molecule has 0 unspecified atom stereocenters. The zero-order chi connectivity index (χ0) is 26.7. The number of benzene rings is 2. The average molecular weight is 639 g/mol. The first-order chi connectivity index (χ1) is 16.7. The topological polar surface area (TPSA) is 76.1 Å². The molecule has 6 N–H and O–H groups in total. The quantitative estimate of drug-likeness (QED) is 0.252. The molecule has 4 atom stereocenters. The second kappa shape index (κ2) is 13.1. The maximum Gasteiger partial charge on any atom is 0.0576 e. The molecule has 2 saturated carbocycles. The van der Waals surface area contributed by atoms with Crippen LogP contribution in [0, 0.1) is 22.7 Å². The monoisotopic (exact) mass is 636 g/mol. The van der Waals surface area contributed by atoms with Crippen LogP contribution in [-0.2, 0) is 0 Å². The molecule has 2 aliphatic carbocycles. The van der Waals surface area contributed by atoms with Gasteiger partial charge < -0.3 is 22.1 Å². The lowest BCUT2D eigenvalue weighted by atomic mass is 9.70. The SMILES string of the molecule is C.C[C@@H]1C[C@H](Nc2ccc(Br)cc2N)CC(C)(C)C1.C[C@H]1C[C@@H](Nc2ccc(Br)cc2N)CC(C)(C)C1. The minimum absolute atomic E-state index is 0. The zero-order valence-electron chi connectivity index (χ0n) is 22.9. The van der Waals surface area contributed by atoms with Crippen molar-refractivity contribution in [3.8, 4) is 0 Å². The molecule has 0 saturated heterocycles. The third kappa shape index (κ3) is 10.0. The first kappa shape index (κ1) is 31.8. The van der Waals surface area contributed by atoms with E-state index in [4.69, 9.17) is 11.5 Å². The molecular formula is C31H50Br2N4. The van der Waals surface area contributed by atoms with Crippen LogP contribution in [0.3, 0.4) is 0 Å². The van der Waals surface area contributed by atoms with Gasteiger partial charge in [0, 0.05) is 21.0 Å². The molecule has 2 aromatic rings. The molecule has 4 rings (SSSR count). The Balaban J connectivity index is 0.000000253. The smallest absolute Gasteiger partial charge is 0.0576 e. The van der Waals surface area contributed by atoms with Crippen molar-refractivity contribution in [1.82, 2.24) is 0 Å². The van der Waals surface area contributed by atoms with Crippen molar-refractivity contribution in [3.63, 3.8) is 0 Å². The van der Waals surface area contributed by atoms with Crippen LogP contribution in [-0.4, -0.2) is 12.1 Å². The average Bonchev–Trinajstić information content (AvgIpc) is 2.70. The first-order valence-electron chi connectivity index (χ1n) is 13.3. The van der Waals surface area contributed by atoms with Crippen LogP contribution in [0.4, 0.5) is 22.7 Å². The predicted molar refractivity (Wildman–Crippen MR) is 172 cm³/mol. The predicted octanol–water partition coefficient (Wildman–Crippen LogP) is 9.95. The lowest BCUT2D eigenvalue weighted by Gasteiger charge is -2.39. The van der Waals surface area contributed by atoms with Crippen molar-refractivity contribution in [2.24, 2.45) is 22.7 Å². The van der Waals surface area contributed by atoms with Crippen molar-refractivity contribution < 1.29 is 0 Å². The summed E-state index contributed by atoms with van der Waals surface area (Å²) in [6.45, 7) is 14.1. The summed E-state index contributed by atoms with van der Waals surface area (Å²) in [4.78, 5) is 0. The number of nitrogen functional groups attached to an aromatic ring is 2. The van der Waals surface area contributed by atoms with Gasteiger partial charge in [-0.3, -0.25) is 0 Å². The van der Waals surface area contributed by atoms with Gasteiger partial charge in [0.15, 0.2) is 0 Å². The van der Waals surface area contributed by atoms with Gasteiger partial charge in [-0.25, -0.2) is 0 Å². The highest BCUT2D eigenvalue weighted by molar-refractivity contribution is 9.10. The van der Waals surface area contributed by atoms with Gasteiger partial charge in [-0.15, -0.1) is 0 Å². The van der Waals surface area contributed by atoms with E-state index in [1.165, 1.54) is 38.5 Å². The van der Waals surface area contributed by atoms with E-state index in [0.717, 1.165) is 43.5 Å². The van der Waals surface area contributed by atoms with Gasteiger partial charge in [-0.05, 0) is 97.6 Å². The Hall–Kier alpha value is -1.40. The fourth-order valence-electron chi connectivity index (χ4n) is 6.68. The van der Waals surface area contributed by atoms with E-state index in [1.54, 1.807) is 0 Å². The number of halogens is 2. The second-order valence-corrected chi connectivity index (χ2v) is 14.8. The van der Waals surface area contributed by atoms with Gasteiger partial charge in [0.25, 0.3) is 0 Å². The number of rotatable bonds is 4. The summed E-state index contributed by atoms with van der Waals surface area (Å²) in [6.07, 6.45) is 7.54. The standard InChI is InChI=1S/2C15H23BrN2.CH4/c2*1-10-6-12(9-15(2,3)8-10)18-14-5-4-11(16)7-13(14)17;/h2*4-5,7,10,12,18H,6,8-9,17H2,1-3H3;1H4/t2*10-,12+;/m10./s1. The highest BCUT2D eigenvalue weighted by atomic mass is 79.9. The van der Waals surface area contributed by atoms with E-state index in [2.05, 4.69) is 96.2 Å². The van der Waals surface area contributed by atoms with Crippen LogP contribution < -0.4 is 22.1 Å². The molecular weight excluding hydrogens is 588 g/mol. The molecule has 0 heterocycles. The Bertz CT molecular complexity index is 939. The van der Waals surface area contributed by atoms with E-state index in [1.807, 2.05) is 24.3 Å². The van der Waals surface area contributed by atoms with Gasteiger partial charge in [-0.2, -0.15) is 0 Å². The van der Waals surface area contributed by atoms with Crippen LogP contribution in [0.25, 0.3) is 0 Å². The summed E-state index contributed by atoms with van der Waals surface area (Å²) in [5, 5.41) is 7.23. The van der Waals surface area contributed by atoms with E-state index < -0.39 is 0 Å². The largest absolute Gasteiger partial charge is 0.397 e. The molecule has 208 valence electrons. The zero-order valence-corrected chi connectivity index (χ0v) is 26.1. The molecule has 37 heavy (non-hydrogen) atoms. The second-order valence-electron chi connectivity index (χ2n) is 13.0. The van der Waals surface area contributed by atoms with E-state index in [9.17, 15) is 0 Å². The Morgan fingerprint density at radius 3 is 1.32 bits per heavy atom. The van der Waals surface area contributed by atoms with Crippen molar-refractivity contribution in [1.29, 1.82) is 0 Å². The maximum atomic E-state index is 6.05. The molecule has 2 aromatic carbocycles. The summed E-state index contributed by atoms with van der Waals surface area (Å²) in [7, 11) is 0. The Kier molecular flexibility index (Phi) is 11.3. The normalized spacial score (nSPS) is 26.2. The van der Waals surface area contributed by atoms with Crippen molar-refractivity contribution in [2.45, 2.75) is 99.6 Å². The molecule has 6 heteroatoms.